The average molecular weight is 198 g/mol. The van der Waals surface area contributed by atoms with Crippen LogP contribution in [0.15, 0.2) is 0 Å². The number of nitrogens with one attached hydrogen (secondary N) is 1. The minimum Gasteiger partial charge on any atom is -0.380 e. The maximum Gasteiger partial charge on any atom is 0.0713 e. The Hall–Kier alpha value is -0.120. The van der Waals surface area contributed by atoms with Crippen molar-refractivity contribution in [2.24, 2.45) is 5.92 Å². The van der Waals surface area contributed by atoms with Gasteiger partial charge in [-0.2, -0.15) is 0 Å². The van der Waals surface area contributed by atoms with Crippen LogP contribution in [-0.2, 0) is 4.74 Å². The summed E-state index contributed by atoms with van der Waals surface area (Å²) in [4.78, 5) is 2.62. The molecular formula is C11H22N2O. The summed E-state index contributed by atoms with van der Waals surface area (Å²) >= 11 is 0. The summed E-state index contributed by atoms with van der Waals surface area (Å²) in [6.45, 7) is 8.09. The third kappa shape index (κ3) is 1.81. The van der Waals surface area contributed by atoms with Gasteiger partial charge in [0.2, 0.25) is 0 Å². The molecule has 0 bridgehead atoms. The minimum atomic E-state index is 0.453. The maximum atomic E-state index is 5.46. The van der Waals surface area contributed by atoms with Crippen LogP contribution in [0.5, 0.6) is 0 Å². The molecule has 0 saturated carbocycles. The van der Waals surface area contributed by atoms with E-state index in [4.69, 9.17) is 4.74 Å². The van der Waals surface area contributed by atoms with Crippen LogP contribution in [0.1, 0.15) is 20.3 Å². The van der Waals surface area contributed by atoms with Crippen molar-refractivity contribution in [2.75, 3.05) is 26.7 Å². The molecule has 0 amide bonds. The molecule has 2 aliphatic heterocycles. The van der Waals surface area contributed by atoms with Crippen LogP contribution < -0.4 is 5.32 Å². The fraction of sp³-hybridized carbons (Fsp3) is 1.00. The Labute approximate surface area is 86.8 Å². The Bertz CT molecular complexity index is 198. The lowest BCUT2D eigenvalue weighted by Crippen LogP contribution is -2.41. The molecule has 0 radical (unpaired) electrons. The van der Waals surface area contributed by atoms with E-state index in [1.165, 1.54) is 6.42 Å². The molecular weight excluding hydrogens is 176 g/mol. The molecule has 2 unspecified atom stereocenters. The minimum absolute atomic E-state index is 0.453. The van der Waals surface area contributed by atoms with Gasteiger partial charge in [0.25, 0.3) is 0 Å². The van der Waals surface area contributed by atoms with Crippen molar-refractivity contribution in [3.63, 3.8) is 0 Å². The normalized spacial score (nSPS) is 44.8. The van der Waals surface area contributed by atoms with E-state index in [2.05, 4.69) is 24.1 Å². The summed E-state index contributed by atoms with van der Waals surface area (Å²) in [6.07, 6.45) is 1.65. The largest absolute Gasteiger partial charge is 0.380 e. The predicted octanol–water partition coefficient (Wildman–Crippen LogP) is 0.704. The molecule has 2 saturated heterocycles. The van der Waals surface area contributed by atoms with E-state index in [1.54, 1.807) is 0 Å². The third-order valence-electron chi connectivity index (χ3n) is 3.94. The smallest absolute Gasteiger partial charge is 0.0713 e. The van der Waals surface area contributed by atoms with Gasteiger partial charge in [0.15, 0.2) is 0 Å². The highest BCUT2D eigenvalue weighted by Crippen LogP contribution is 2.26. The molecule has 0 spiro atoms. The molecule has 0 aromatic heterocycles. The van der Waals surface area contributed by atoms with Crippen molar-refractivity contribution in [3.05, 3.63) is 0 Å². The fourth-order valence-electron chi connectivity index (χ4n) is 2.74. The van der Waals surface area contributed by atoms with Crippen LogP contribution in [0.3, 0.4) is 0 Å². The van der Waals surface area contributed by atoms with Crippen molar-refractivity contribution in [3.8, 4) is 0 Å². The molecule has 2 aliphatic rings. The number of ether oxygens (including phenoxy) is 1. The third-order valence-corrected chi connectivity index (χ3v) is 3.94. The number of hydrogen-bond donors (Lipinski definition) is 1. The van der Waals surface area contributed by atoms with E-state index in [-0.39, 0.29) is 0 Å². The summed E-state index contributed by atoms with van der Waals surface area (Å²) in [5.74, 6) is 0.746. The number of rotatable bonds is 1. The van der Waals surface area contributed by atoms with Gasteiger partial charge in [-0.3, -0.25) is 4.90 Å². The zero-order chi connectivity index (χ0) is 10.1. The Morgan fingerprint density at radius 2 is 2.07 bits per heavy atom. The summed E-state index contributed by atoms with van der Waals surface area (Å²) in [5.41, 5.74) is 0. The van der Waals surface area contributed by atoms with Crippen molar-refractivity contribution in [1.29, 1.82) is 0 Å². The summed E-state index contributed by atoms with van der Waals surface area (Å²) in [5, 5.41) is 3.55. The highest BCUT2D eigenvalue weighted by molar-refractivity contribution is 4.93. The van der Waals surface area contributed by atoms with E-state index in [9.17, 15) is 0 Å². The van der Waals surface area contributed by atoms with Crippen LogP contribution in [0.2, 0.25) is 0 Å². The SMILES string of the molecule is COC1CC2CNC[C@@H](C)[C@@H](C)N2C1. The van der Waals surface area contributed by atoms with Gasteiger partial charge >= 0.3 is 0 Å². The van der Waals surface area contributed by atoms with Crippen LogP contribution in [0.4, 0.5) is 0 Å². The lowest BCUT2D eigenvalue weighted by Gasteiger charge is -2.30. The van der Waals surface area contributed by atoms with Crippen molar-refractivity contribution in [2.45, 2.75) is 38.5 Å². The number of hydrogen-bond acceptors (Lipinski definition) is 3. The van der Waals surface area contributed by atoms with Gasteiger partial charge in [0, 0.05) is 32.3 Å². The van der Waals surface area contributed by atoms with Crippen LogP contribution >= 0.6 is 0 Å². The first-order valence-electron chi connectivity index (χ1n) is 5.71. The van der Waals surface area contributed by atoms with Gasteiger partial charge in [-0.25, -0.2) is 0 Å². The molecule has 0 aliphatic carbocycles. The Morgan fingerprint density at radius 3 is 2.79 bits per heavy atom. The quantitative estimate of drug-likeness (QED) is 0.671. The molecule has 3 nitrogen and oxygen atoms in total. The lowest BCUT2D eigenvalue weighted by molar-refractivity contribution is 0.0958. The molecule has 14 heavy (non-hydrogen) atoms. The summed E-state index contributed by atoms with van der Waals surface area (Å²) in [7, 11) is 1.83. The van der Waals surface area contributed by atoms with Gasteiger partial charge < -0.3 is 10.1 Å². The Kier molecular flexibility index (Phi) is 3.10. The van der Waals surface area contributed by atoms with E-state index in [1.807, 2.05) is 7.11 Å². The van der Waals surface area contributed by atoms with Gasteiger partial charge in [-0.15, -0.1) is 0 Å². The Morgan fingerprint density at radius 1 is 1.29 bits per heavy atom. The fourth-order valence-corrected chi connectivity index (χ4v) is 2.74. The Balaban J connectivity index is 2.05. The summed E-state index contributed by atoms with van der Waals surface area (Å²) < 4.78 is 5.46. The second-order valence-corrected chi connectivity index (χ2v) is 4.82. The number of methoxy groups -OCH3 is 1. The zero-order valence-electron chi connectivity index (χ0n) is 9.49. The van der Waals surface area contributed by atoms with Gasteiger partial charge in [-0.1, -0.05) is 6.92 Å². The van der Waals surface area contributed by atoms with Gasteiger partial charge in [0.05, 0.1) is 6.10 Å². The first-order valence-corrected chi connectivity index (χ1v) is 5.71. The van der Waals surface area contributed by atoms with Crippen LogP contribution in [0.25, 0.3) is 0 Å². The van der Waals surface area contributed by atoms with E-state index in [0.717, 1.165) is 25.6 Å². The van der Waals surface area contributed by atoms with Gasteiger partial charge in [-0.05, 0) is 25.8 Å². The second-order valence-electron chi connectivity index (χ2n) is 4.82. The molecule has 1 N–H and O–H groups in total. The van der Waals surface area contributed by atoms with Crippen LogP contribution in [-0.4, -0.2) is 49.8 Å². The summed E-state index contributed by atoms with van der Waals surface area (Å²) in [6, 6.07) is 1.38. The zero-order valence-corrected chi connectivity index (χ0v) is 9.49. The first kappa shape index (κ1) is 10.4. The number of fused-ring (bicyclic) bond motifs is 1. The predicted molar refractivity (Wildman–Crippen MR) is 57.4 cm³/mol. The molecule has 82 valence electrons. The van der Waals surface area contributed by atoms with Gasteiger partial charge in [0.1, 0.15) is 0 Å². The maximum absolute atomic E-state index is 5.46. The van der Waals surface area contributed by atoms with Crippen LogP contribution in [0, 0.1) is 5.92 Å². The molecule has 2 heterocycles. The average Bonchev–Trinajstić information content (AvgIpc) is 2.55. The van der Waals surface area contributed by atoms with Crippen molar-refractivity contribution in [1.82, 2.24) is 10.2 Å². The second kappa shape index (κ2) is 4.17. The standard InChI is InChI=1S/C11H22N2O/c1-8-5-12-6-10-4-11(14-3)7-13(10)9(8)2/h8-12H,4-7H2,1-3H3/t8-,9-,10?,11?/m1/s1. The lowest BCUT2D eigenvalue weighted by atomic mass is 10.0. The van der Waals surface area contributed by atoms with E-state index in [0.29, 0.717) is 18.2 Å². The molecule has 0 aromatic rings. The molecule has 2 rings (SSSR count). The van der Waals surface area contributed by atoms with E-state index >= 15 is 0 Å². The molecule has 3 heteroatoms. The first-order chi connectivity index (χ1) is 6.72. The van der Waals surface area contributed by atoms with Crippen molar-refractivity contribution < 1.29 is 4.74 Å². The van der Waals surface area contributed by atoms with E-state index < -0.39 is 0 Å². The highest BCUT2D eigenvalue weighted by atomic mass is 16.5. The molecule has 4 atom stereocenters. The van der Waals surface area contributed by atoms with Crippen molar-refractivity contribution >= 4 is 0 Å². The highest BCUT2D eigenvalue weighted by Gasteiger charge is 2.37. The topological polar surface area (TPSA) is 24.5 Å². The number of nitrogens with zero attached hydrogens (tertiary/aromatic N) is 1. The molecule has 2 fully saturated rings. The molecule has 0 aromatic carbocycles. The monoisotopic (exact) mass is 198 g/mol.